The summed E-state index contributed by atoms with van der Waals surface area (Å²) in [6.45, 7) is 5.21. The van der Waals surface area contributed by atoms with Gasteiger partial charge in [0.2, 0.25) is 5.91 Å². The SMILES string of the molecule is CC(C)c1nncn1CCNC(=O)C(c1cc(Cl)cc(Cl)c1)N(C)C. The van der Waals surface area contributed by atoms with Crippen molar-refractivity contribution in [1.82, 2.24) is 25.0 Å². The zero-order valence-electron chi connectivity index (χ0n) is 14.8. The molecule has 0 fully saturated rings. The van der Waals surface area contributed by atoms with E-state index in [-0.39, 0.29) is 11.8 Å². The van der Waals surface area contributed by atoms with E-state index in [4.69, 9.17) is 23.2 Å². The van der Waals surface area contributed by atoms with Crippen LogP contribution in [0, 0.1) is 0 Å². The van der Waals surface area contributed by atoms with Crippen LogP contribution in [0.15, 0.2) is 24.5 Å². The van der Waals surface area contributed by atoms with Gasteiger partial charge < -0.3 is 9.88 Å². The van der Waals surface area contributed by atoms with Crippen LogP contribution in [0.4, 0.5) is 0 Å². The van der Waals surface area contributed by atoms with Gasteiger partial charge in [-0.25, -0.2) is 0 Å². The lowest BCUT2D eigenvalue weighted by Gasteiger charge is -2.24. The molecule has 0 spiro atoms. The van der Waals surface area contributed by atoms with E-state index in [0.717, 1.165) is 11.4 Å². The molecule has 1 aromatic carbocycles. The van der Waals surface area contributed by atoms with Crippen molar-refractivity contribution in [2.45, 2.75) is 32.4 Å². The van der Waals surface area contributed by atoms with Gasteiger partial charge in [-0.1, -0.05) is 37.0 Å². The number of hydrogen-bond donors (Lipinski definition) is 1. The predicted octanol–water partition coefficient (Wildman–Crippen LogP) is 3.13. The summed E-state index contributed by atoms with van der Waals surface area (Å²) in [4.78, 5) is 14.5. The molecule has 2 rings (SSSR count). The summed E-state index contributed by atoms with van der Waals surface area (Å²) in [6.07, 6.45) is 1.68. The number of likely N-dealkylation sites (N-methyl/N-ethyl adjacent to an activating group) is 1. The van der Waals surface area contributed by atoms with E-state index in [1.165, 1.54) is 0 Å². The van der Waals surface area contributed by atoms with Gasteiger partial charge in [0, 0.05) is 29.1 Å². The monoisotopic (exact) mass is 383 g/mol. The number of rotatable bonds is 7. The van der Waals surface area contributed by atoms with Gasteiger partial charge in [-0.3, -0.25) is 9.69 Å². The van der Waals surface area contributed by atoms with Crippen molar-refractivity contribution in [2.24, 2.45) is 0 Å². The van der Waals surface area contributed by atoms with Crippen molar-refractivity contribution in [2.75, 3.05) is 20.6 Å². The standard InChI is InChI=1S/C17H23Cl2N5O/c1-11(2)16-22-21-10-24(16)6-5-20-17(25)15(23(3)4)12-7-13(18)9-14(19)8-12/h7-11,15H,5-6H2,1-4H3,(H,20,25). The van der Waals surface area contributed by atoms with Gasteiger partial charge in [-0.05, 0) is 37.9 Å². The first kappa shape index (κ1) is 19.7. The van der Waals surface area contributed by atoms with E-state index >= 15 is 0 Å². The fourth-order valence-corrected chi connectivity index (χ4v) is 3.24. The summed E-state index contributed by atoms with van der Waals surface area (Å²) in [5.41, 5.74) is 0.757. The molecule has 0 radical (unpaired) electrons. The maximum atomic E-state index is 12.7. The zero-order valence-corrected chi connectivity index (χ0v) is 16.3. The van der Waals surface area contributed by atoms with Crippen molar-refractivity contribution in [3.63, 3.8) is 0 Å². The normalized spacial score (nSPS) is 12.6. The summed E-state index contributed by atoms with van der Waals surface area (Å²) in [6, 6.07) is 4.70. The van der Waals surface area contributed by atoms with Gasteiger partial charge in [-0.15, -0.1) is 10.2 Å². The molecule has 1 unspecified atom stereocenters. The molecule has 0 saturated heterocycles. The molecule has 1 amide bonds. The van der Waals surface area contributed by atoms with Gasteiger partial charge in [0.05, 0.1) is 0 Å². The molecule has 1 aromatic heterocycles. The predicted molar refractivity (Wildman–Crippen MR) is 100 cm³/mol. The second-order valence-corrected chi connectivity index (χ2v) is 7.27. The number of nitrogens with one attached hydrogen (secondary N) is 1. The van der Waals surface area contributed by atoms with Crippen LogP contribution in [0.1, 0.15) is 37.2 Å². The lowest BCUT2D eigenvalue weighted by molar-refractivity contribution is -0.125. The van der Waals surface area contributed by atoms with Crippen molar-refractivity contribution >= 4 is 29.1 Å². The first-order chi connectivity index (χ1) is 11.8. The molecular formula is C17H23Cl2N5O. The lowest BCUT2D eigenvalue weighted by atomic mass is 10.1. The Bertz CT molecular complexity index is 709. The number of halogens is 2. The molecule has 1 atom stereocenters. The van der Waals surface area contributed by atoms with Crippen LogP contribution in [0.25, 0.3) is 0 Å². The number of benzene rings is 1. The second-order valence-electron chi connectivity index (χ2n) is 6.40. The smallest absolute Gasteiger partial charge is 0.242 e. The van der Waals surface area contributed by atoms with Gasteiger partial charge in [-0.2, -0.15) is 0 Å². The molecule has 136 valence electrons. The minimum absolute atomic E-state index is 0.109. The molecule has 0 aliphatic heterocycles. The van der Waals surface area contributed by atoms with Gasteiger partial charge in [0.15, 0.2) is 0 Å². The number of aromatic nitrogens is 3. The van der Waals surface area contributed by atoms with E-state index in [1.807, 2.05) is 23.6 Å². The van der Waals surface area contributed by atoms with E-state index in [9.17, 15) is 4.79 Å². The largest absolute Gasteiger partial charge is 0.353 e. The molecule has 6 nitrogen and oxygen atoms in total. The number of hydrogen-bond acceptors (Lipinski definition) is 4. The van der Waals surface area contributed by atoms with Crippen LogP contribution in [0.3, 0.4) is 0 Å². The maximum Gasteiger partial charge on any atom is 0.242 e. The van der Waals surface area contributed by atoms with Crippen LogP contribution in [-0.2, 0) is 11.3 Å². The Morgan fingerprint density at radius 3 is 2.44 bits per heavy atom. The zero-order chi connectivity index (χ0) is 18.6. The molecule has 8 heteroatoms. The van der Waals surface area contributed by atoms with Crippen LogP contribution in [0.2, 0.25) is 10.0 Å². The van der Waals surface area contributed by atoms with E-state index in [2.05, 4.69) is 29.4 Å². The average Bonchev–Trinajstić information content (AvgIpc) is 2.94. The highest BCUT2D eigenvalue weighted by Crippen LogP contribution is 2.26. The highest BCUT2D eigenvalue weighted by molar-refractivity contribution is 6.34. The number of nitrogens with zero attached hydrogens (tertiary/aromatic N) is 4. The molecule has 1 N–H and O–H groups in total. The Morgan fingerprint density at radius 1 is 1.24 bits per heavy atom. The summed E-state index contributed by atoms with van der Waals surface area (Å²) >= 11 is 12.1. The Kier molecular flexibility index (Phi) is 6.81. The quantitative estimate of drug-likeness (QED) is 0.797. The Labute approximate surface area is 158 Å². The van der Waals surface area contributed by atoms with Crippen molar-refractivity contribution in [1.29, 1.82) is 0 Å². The molecule has 0 bridgehead atoms. The maximum absolute atomic E-state index is 12.7. The summed E-state index contributed by atoms with van der Waals surface area (Å²) in [7, 11) is 3.69. The summed E-state index contributed by atoms with van der Waals surface area (Å²) in [5.74, 6) is 1.07. The molecule has 0 aliphatic carbocycles. The number of amides is 1. The fraction of sp³-hybridized carbons (Fsp3) is 0.471. The molecular weight excluding hydrogens is 361 g/mol. The summed E-state index contributed by atoms with van der Waals surface area (Å²) < 4.78 is 1.95. The van der Waals surface area contributed by atoms with Gasteiger partial charge >= 0.3 is 0 Å². The number of carbonyl (C=O) groups is 1. The third-order valence-corrected chi connectivity index (χ3v) is 4.22. The highest BCUT2D eigenvalue weighted by atomic mass is 35.5. The van der Waals surface area contributed by atoms with Crippen molar-refractivity contribution in [3.8, 4) is 0 Å². The first-order valence-electron chi connectivity index (χ1n) is 8.07. The number of carbonyl (C=O) groups excluding carboxylic acids is 1. The van der Waals surface area contributed by atoms with Crippen LogP contribution in [-0.4, -0.2) is 46.2 Å². The lowest BCUT2D eigenvalue weighted by Crippen LogP contribution is -2.38. The molecule has 2 aromatic rings. The minimum atomic E-state index is -0.471. The van der Waals surface area contributed by atoms with Gasteiger partial charge in [0.25, 0.3) is 0 Å². The second kappa shape index (κ2) is 8.65. The van der Waals surface area contributed by atoms with E-state index in [0.29, 0.717) is 23.1 Å². The van der Waals surface area contributed by atoms with E-state index in [1.54, 1.807) is 24.5 Å². The highest BCUT2D eigenvalue weighted by Gasteiger charge is 2.23. The third kappa shape index (κ3) is 5.17. The molecule has 1 heterocycles. The average molecular weight is 384 g/mol. The Balaban J connectivity index is 2.04. The molecule has 0 aliphatic rings. The van der Waals surface area contributed by atoms with Crippen molar-refractivity contribution in [3.05, 3.63) is 46.0 Å². The fourth-order valence-electron chi connectivity index (χ4n) is 2.70. The third-order valence-electron chi connectivity index (χ3n) is 3.78. The van der Waals surface area contributed by atoms with Crippen LogP contribution in [0.5, 0.6) is 0 Å². The van der Waals surface area contributed by atoms with Crippen LogP contribution >= 0.6 is 23.2 Å². The Morgan fingerprint density at radius 2 is 1.88 bits per heavy atom. The molecule has 25 heavy (non-hydrogen) atoms. The summed E-state index contributed by atoms with van der Waals surface area (Å²) in [5, 5.41) is 12.0. The first-order valence-corrected chi connectivity index (χ1v) is 8.83. The topological polar surface area (TPSA) is 63.1 Å². The molecule has 0 saturated carbocycles. The van der Waals surface area contributed by atoms with Gasteiger partial charge in [0.1, 0.15) is 18.2 Å². The van der Waals surface area contributed by atoms with E-state index < -0.39 is 6.04 Å². The minimum Gasteiger partial charge on any atom is -0.353 e. The van der Waals surface area contributed by atoms with Crippen molar-refractivity contribution < 1.29 is 4.79 Å². The van der Waals surface area contributed by atoms with Crippen LogP contribution < -0.4 is 5.32 Å². The Hall–Kier alpha value is -1.63.